The Kier molecular flexibility index (Phi) is 5.68. The number of amides is 1. The molecule has 1 heterocycles. The standard InChI is InChI=1S/C20H16FN3O5/c1-29-18-9-8-14(24(27)28)11-17(18)22-19(25)15-6-4-10-23(20(15)26)12-13-5-2-3-7-16(13)21/h2-11H,12H2,1H3,(H,22,25). The van der Waals surface area contributed by atoms with E-state index in [1.807, 2.05) is 0 Å². The summed E-state index contributed by atoms with van der Waals surface area (Å²) in [5.74, 6) is -1.03. The van der Waals surface area contributed by atoms with E-state index in [1.165, 1.54) is 54.3 Å². The Hall–Kier alpha value is -4.01. The van der Waals surface area contributed by atoms with Crippen LogP contribution in [-0.4, -0.2) is 22.5 Å². The molecule has 8 nitrogen and oxygen atoms in total. The van der Waals surface area contributed by atoms with Crippen molar-refractivity contribution in [3.63, 3.8) is 0 Å². The molecule has 0 aliphatic rings. The number of carbonyl (C=O) groups is 1. The van der Waals surface area contributed by atoms with Gasteiger partial charge in [0.15, 0.2) is 0 Å². The molecule has 29 heavy (non-hydrogen) atoms. The molecule has 1 aromatic heterocycles. The smallest absolute Gasteiger partial charge is 0.271 e. The molecule has 0 spiro atoms. The van der Waals surface area contributed by atoms with Crippen molar-refractivity contribution in [1.29, 1.82) is 0 Å². The van der Waals surface area contributed by atoms with Gasteiger partial charge in [-0.1, -0.05) is 18.2 Å². The third-order valence-corrected chi connectivity index (χ3v) is 4.21. The molecule has 0 radical (unpaired) electrons. The molecule has 0 fully saturated rings. The highest BCUT2D eigenvalue weighted by molar-refractivity contribution is 6.05. The highest BCUT2D eigenvalue weighted by Crippen LogP contribution is 2.29. The first kappa shape index (κ1) is 19.7. The highest BCUT2D eigenvalue weighted by atomic mass is 19.1. The zero-order valence-corrected chi connectivity index (χ0v) is 15.3. The number of anilines is 1. The van der Waals surface area contributed by atoms with Crippen molar-refractivity contribution in [3.05, 3.63) is 98.2 Å². The van der Waals surface area contributed by atoms with Crippen molar-refractivity contribution in [3.8, 4) is 5.75 Å². The third-order valence-electron chi connectivity index (χ3n) is 4.21. The van der Waals surface area contributed by atoms with Gasteiger partial charge in [0, 0.05) is 23.9 Å². The van der Waals surface area contributed by atoms with Gasteiger partial charge < -0.3 is 14.6 Å². The second-order valence-corrected chi connectivity index (χ2v) is 6.04. The summed E-state index contributed by atoms with van der Waals surface area (Å²) >= 11 is 0. The van der Waals surface area contributed by atoms with Gasteiger partial charge in [0.1, 0.15) is 17.1 Å². The van der Waals surface area contributed by atoms with Crippen molar-refractivity contribution >= 4 is 17.3 Å². The van der Waals surface area contributed by atoms with E-state index in [9.17, 15) is 24.1 Å². The van der Waals surface area contributed by atoms with Crippen LogP contribution in [0.5, 0.6) is 5.75 Å². The van der Waals surface area contributed by atoms with E-state index >= 15 is 0 Å². The number of pyridine rings is 1. The van der Waals surface area contributed by atoms with Crippen molar-refractivity contribution in [2.75, 3.05) is 12.4 Å². The van der Waals surface area contributed by atoms with Gasteiger partial charge in [-0.25, -0.2) is 4.39 Å². The number of nitrogens with zero attached hydrogens (tertiary/aromatic N) is 2. The minimum Gasteiger partial charge on any atom is -0.495 e. The minimum atomic E-state index is -0.767. The molecule has 0 unspecified atom stereocenters. The quantitative estimate of drug-likeness (QED) is 0.508. The number of carbonyl (C=O) groups excluding carboxylic acids is 1. The summed E-state index contributed by atoms with van der Waals surface area (Å²) in [5, 5.41) is 13.4. The Morgan fingerprint density at radius 2 is 1.97 bits per heavy atom. The minimum absolute atomic E-state index is 0.0489. The van der Waals surface area contributed by atoms with E-state index in [2.05, 4.69) is 5.32 Å². The summed E-state index contributed by atoms with van der Waals surface area (Å²) in [6.45, 7) is -0.0489. The van der Waals surface area contributed by atoms with Gasteiger partial charge in [-0.15, -0.1) is 0 Å². The summed E-state index contributed by atoms with van der Waals surface area (Å²) in [4.78, 5) is 35.7. The Morgan fingerprint density at radius 3 is 2.66 bits per heavy atom. The summed E-state index contributed by atoms with van der Waals surface area (Å²) in [7, 11) is 1.35. The van der Waals surface area contributed by atoms with Crippen molar-refractivity contribution in [2.45, 2.75) is 6.54 Å². The van der Waals surface area contributed by atoms with E-state index in [1.54, 1.807) is 12.1 Å². The van der Waals surface area contributed by atoms with Crippen LogP contribution in [0.15, 0.2) is 65.6 Å². The zero-order valence-electron chi connectivity index (χ0n) is 15.3. The van der Waals surface area contributed by atoms with Crippen LogP contribution in [0.3, 0.4) is 0 Å². The molecule has 0 aliphatic carbocycles. The van der Waals surface area contributed by atoms with Crippen LogP contribution in [0.2, 0.25) is 0 Å². The van der Waals surface area contributed by atoms with Gasteiger partial charge in [0.2, 0.25) is 0 Å². The Labute approximate surface area is 164 Å². The summed E-state index contributed by atoms with van der Waals surface area (Å²) in [6, 6.07) is 12.5. The molecule has 0 bridgehead atoms. The average molecular weight is 397 g/mol. The van der Waals surface area contributed by atoms with E-state index in [0.717, 1.165) is 6.07 Å². The van der Waals surface area contributed by atoms with E-state index in [4.69, 9.17) is 4.74 Å². The third kappa shape index (κ3) is 4.29. The molecule has 3 aromatic rings. The summed E-state index contributed by atoms with van der Waals surface area (Å²) in [6.07, 6.45) is 1.44. The fourth-order valence-electron chi connectivity index (χ4n) is 2.74. The van der Waals surface area contributed by atoms with Gasteiger partial charge >= 0.3 is 0 Å². The molecule has 9 heteroatoms. The number of nitro groups is 1. The lowest BCUT2D eigenvalue weighted by atomic mass is 10.2. The molecule has 0 saturated heterocycles. The van der Waals surface area contributed by atoms with E-state index in [0.29, 0.717) is 5.56 Å². The number of non-ortho nitro benzene ring substituents is 1. The van der Waals surface area contributed by atoms with Crippen molar-refractivity contribution < 1.29 is 18.8 Å². The maximum absolute atomic E-state index is 13.9. The number of nitrogens with one attached hydrogen (secondary N) is 1. The molecular weight excluding hydrogens is 381 g/mol. The fraction of sp³-hybridized carbons (Fsp3) is 0.100. The SMILES string of the molecule is COc1ccc([N+](=O)[O-])cc1NC(=O)c1cccn(Cc2ccccc2F)c1=O. The van der Waals surface area contributed by atoms with Crippen molar-refractivity contribution in [1.82, 2.24) is 4.57 Å². The lowest BCUT2D eigenvalue weighted by molar-refractivity contribution is -0.384. The molecular formula is C20H16FN3O5. The predicted molar refractivity (Wildman–Crippen MR) is 104 cm³/mol. The number of nitro benzene ring substituents is 1. The van der Waals surface area contributed by atoms with Crippen molar-refractivity contribution in [2.24, 2.45) is 0 Å². The number of rotatable bonds is 6. The first-order valence-corrected chi connectivity index (χ1v) is 8.47. The van der Waals surface area contributed by atoms with Crippen LogP contribution in [0.25, 0.3) is 0 Å². The largest absolute Gasteiger partial charge is 0.495 e. The van der Waals surface area contributed by atoms with E-state index < -0.39 is 22.2 Å². The van der Waals surface area contributed by atoms with Gasteiger partial charge in [-0.3, -0.25) is 19.7 Å². The number of methoxy groups -OCH3 is 1. The average Bonchev–Trinajstić information content (AvgIpc) is 2.71. The monoisotopic (exact) mass is 397 g/mol. The van der Waals surface area contributed by atoms with Gasteiger partial charge in [0.25, 0.3) is 17.2 Å². The molecule has 2 aromatic carbocycles. The van der Waals surface area contributed by atoms with Gasteiger partial charge in [-0.2, -0.15) is 0 Å². The number of hydrogen-bond acceptors (Lipinski definition) is 5. The molecule has 0 aliphatic heterocycles. The van der Waals surface area contributed by atoms with Gasteiger partial charge in [0.05, 0.1) is 24.3 Å². The Morgan fingerprint density at radius 1 is 1.21 bits per heavy atom. The second-order valence-electron chi connectivity index (χ2n) is 6.04. The first-order valence-electron chi connectivity index (χ1n) is 8.47. The van der Waals surface area contributed by atoms with Crippen LogP contribution in [0, 0.1) is 15.9 Å². The topological polar surface area (TPSA) is 103 Å². The normalized spacial score (nSPS) is 10.4. The van der Waals surface area contributed by atoms with Crippen LogP contribution in [0.1, 0.15) is 15.9 Å². The first-order chi connectivity index (χ1) is 13.9. The number of aromatic nitrogens is 1. The Balaban J connectivity index is 1.91. The molecule has 1 N–H and O–H groups in total. The molecule has 3 rings (SSSR count). The summed E-state index contributed by atoms with van der Waals surface area (Å²) < 4.78 is 20.2. The van der Waals surface area contributed by atoms with Crippen LogP contribution in [-0.2, 0) is 6.54 Å². The Bertz CT molecular complexity index is 1140. The van der Waals surface area contributed by atoms with E-state index in [-0.39, 0.29) is 29.2 Å². The van der Waals surface area contributed by atoms with Gasteiger partial charge in [-0.05, 0) is 24.3 Å². The molecule has 0 saturated carbocycles. The highest BCUT2D eigenvalue weighted by Gasteiger charge is 2.17. The molecule has 148 valence electrons. The van der Waals surface area contributed by atoms with Crippen LogP contribution >= 0.6 is 0 Å². The number of halogens is 1. The maximum atomic E-state index is 13.9. The summed E-state index contributed by atoms with van der Waals surface area (Å²) in [5.41, 5.74) is -0.718. The number of ether oxygens (including phenoxy) is 1. The molecule has 0 atom stereocenters. The number of hydrogen-bond donors (Lipinski definition) is 1. The fourth-order valence-corrected chi connectivity index (χ4v) is 2.74. The zero-order chi connectivity index (χ0) is 21.0. The van der Waals surface area contributed by atoms with Crippen LogP contribution < -0.4 is 15.6 Å². The maximum Gasteiger partial charge on any atom is 0.271 e. The predicted octanol–water partition coefficient (Wildman–Crippen LogP) is 3.20. The second kappa shape index (κ2) is 8.34. The molecule has 1 amide bonds. The lowest BCUT2D eigenvalue weighted by Crippen LogP contribution is -2.29. The van der Waals surface area contributed by atoms with Crippen LogP contribution in [0.4, 0.5) is 15.8 Å². The number of benzene rings is 2. The lowest BCUT2D eigenvalue weighted by Gasteiger charge is -2.11.